The van der Waals surface area contributed by atoms with Gasteiger partial charge in [-0.3, -0.25) is 9.69 Å². The summed E-state index contributed by atoms with van der Waals surface area (Å²) in [7, 11) is 1.66. The molecule has 0 unspecified atom stereocenters. The van der Waals surface area contributed by atoms with E-state index in [1.165, 1.54) is 0 Å². The van der Waals surface area contributed by atoms with Crippen molar-refractivity contribution in [3.05, 3.63) is 24.3 Å². The zero-order chi connectivity index (χ0) is 14.5. The van der Waals surface area contributed by atoms with Gasteiger partial charge in [0.15, 0.2) is 0 Å². The van der Waals surface area contributed by atoms with Crippen LogP contribution in [0.4, 0.5) is 5.69 Å². The molecular weight excluding hydrogens is 256 g/mol. The summed E-state index contributed by atoms with van der Waals surface area (Å²) >= 11 is 0. The smallest absolute Gasteiger partial charge is 0.320 e. The second-order valence-electron chi connectivity index (χ2n) is 5.09. The molecule has 0 saturated carbocycles. The van der Waals surface area contributed by atoms with E-state index < -0.39 is 12.0 Å². The van der Waals surface area contributed by atoms with Crippen LogP contribution in [0.15, 0.2) is 24.3 Å². The number of carboxylic acid groups (broad SMARTS) is 1. The summed E-state index contributed by atoms with van der Waals surface area (Å²) < 4.78 is 5.16. The maximum atomic E-state index is 11.1. The second kappa shape index (κ2) is 6.61. The van der Waals surface area contributed by atoms with Crippen molar-refractivity contribution in [3.8, 4) is 5.75 Å². The first-order chi connectivity index (χ1) is 9.61. The monoisotopic (exact) mass is 278 g/mol. The minimum Gasteiger partial charge on any atom is -0.497 e. The van der Waals surface area contributed by atoms with Crippen LogP contribution in [0.5, 0.6) is 5.75 Å². The van der Waals surface area contributed by atoms with E-state index in [0.29, 0.717) is 0 Å². The number of rotatable bonds is 4. The molecule has 5 heteroatoms. The van der Waals surface area contributed by atoms with Crippen LogP contribution < -0.4 is 9.64 Å². The van der Waals surface area contributed by atoms with Crippen molar-refractivity contribution in [2.24, 2.45) is 0 Å². The van der Waals surface area contributed by atoms with Crippen molar-refractivity contribution in [1.29, 1.82) is 0 Å². The number of carbonyl (C=O) groups is 1. The summed E-state index contributed by atoms with van der Waals surface area (Å²) in [5, 5.41) is 9.10. The maximum Gasteiger partial charge on any atom is 0.320 e. The summed E-state index contributed by atoms with van der Waals surface area (Å²) in [6, 6.07) is 7.60. The van der Waals surface area contributed by atoms with Crippen LogP contribution in [0.25, 0.3) is 0 Å². The Morgan fingerprint density at radius 3 is 2.50 bits per heavy atom. The number of anilines is 1. The normalized spacial score (nSPS) is 18.4. The van der Waals surface area contributed by atoms with Gasteiger partial charge in [0.2, 0.25) is 0 Å². The third kappa shape index (κ3) is 3.42. The molecule has 20 heavy (non-hydrogen) atoms. The number of hydrogen-bond acceptors (Lipinski definition) is 4. The number of hydrogen-bond donors (Lipinski definition) is 1. The number of benzene rings is 1. The van der Waals surface area contributed by atoms with E-state index >= 15 is 0 Å². The quantitative estimate of drug-likeness (QED) is 0.908. The Kier molecular flexibility index (Phi) is 4.84. The first-order valence-corrected chi connectivity index (χ1v) is 6.97. The van der Waals surface area contributed by atoms with Gasteiger partial charge in [-0.05, 0) is 37.6 Å². The van der Waals surface area contributed by atoms with Crippen LogP contribution in [0, 0.1) is 0 Å². The van der Waals surface area contributed by atoms with Crippen molar-refractivity contribution < 1.29 is 14.6 Å². The summed E-state index contributed by atoms with van der Waals surface area (Å²) in [5.41, 5.74) is 1.16. The van der Waals surface area contributed by atoms with Crippen LogP contribution in [-0.2, 0) is 4.79 Å². The first kappa shape index (κ1) is 14.7. The SMILES string of the molecule is COc1ccc(N2CCCN([C@H](C)C(=O)O)CC2)cc1. The topological polar surface area (TPSA) is 53.0 Å². The number of nitrogens with zero attached hydrogens (tertiary/aromatic N) is 2. The van der Waals surface area contributed by atoms with Crippen LogP contribution >= 0.6 is 0 Å². The van der Waals surface area contributed by atoms with Crippen molar-refractivity contribution in [2.45, 2.75) is 19.4 Å². The summed E-state index contributed by atoms with van der Waals surface area (Å²) in [4.78, 5) is 15.4. The Hall–Kier alpha value is -1.75. The Bertz CT molecular complexity index is 447. The molecule has 1 atom stereocenters. The van der Waals surface area contributed by atoms with Gasteiger partial charge in [-0.2, -0.15) is 0 Å². The van der Waals surface area contributed by atoms with Gasteiger partial charge in [-0.25, -0.2) is 0 Å². The molecule has 0 amide bonds. The van der Waals surface area contributed by atoms with E-state index in [2.05, 4.69) is 17.0 Å². The molecule has 1 saturated heterocycles. The zero-order valence-corrected chi connectivity index (χ0v) is 12.1. The fourth-order valence-electron chi connectivity index (χ4n) is 2.53. The predicted molar refractivity (Wildman–Crippen MR) is 78.5 cm³/mol. The van der Waals surface area contributed by atoms with Crippen molar-refractivity contribution >= 4 is 11.7 Å². The molecule has 1 heterocycles. The van der Waals surface area contributed by atoms with E-state index in [1.54, 1.807) is 14.0 Å². The average Bonchev–Trinajstić information content (AvgIpc) is 2.72. The number of methoxy groups -OCH3 is 1. The van der Waals surface area contributed by atoms with Crippen LogP contribution in [0.2, 0.25) is 0 Å². The van der Waals surface area contributed by atoms with Gasteiger partial charge in [0.25, 0.3) is 0 Å². The lowest BCUT2D eigenvalue weighted by atomic mass is 10.2. The summed E-state index contributed by atoms with van der Waals surface area (Å²) in [6.45, 7) is 5.17. The molecule has 1 aliphatic rings. The predicted octanol–water partition coefficient (Wildman–Crippen LogP) is 1.68. The lowest BCUT2D eigenvalue weighted by molar-refractivity contribution is -0.142. The fraction of sp³-hybridized carbons (Fsp3) is 0.533. The lowest BCUT2D eigenvalue weighted by Crippen LogP contribution is -2.41. The minimum atomic E-state index is -0.747. The van der Waals surface area contributed by atoms with Gasteiger partial charge in [-0.15, -0.1) is 0 Å². The van der Waals surface area contributed by atoms with E-state index in [9.17, 15) is 4.79 Å². The van der Waals surface area contributed by atoms with E-state index in [4.69, 9.17) is 9.84 Å². The molecule has 0 bridgehead atoms. The maximum absolute atomic E-state index is 11.1. The molecule has 1 N–H and O–H groups in total. The fourth-order valence-corrected chi connectivity index (χ4v) is 2.53. The largest absolute Gasteiger partial charge is 0.497 e. The molecule has 0 spiro atoms. The van der Waals surface area contributed by atoms with Gasteiger partial charge < -0.3 is 14.7 Å². The van der Waals surface area contributed by atoms with Gasteiger partial charge in [0, 0.05) is 31.9 Å². The Morgan fingerprint density at radius 2 is 1.90 bits per heavy atom. The van der Waals surface area contributed by atoms with Crippen molar-refractivity contribution in [1.82, 2.24) is 4.90 Å². The minimum absolute atomic E-state index is 0.411. The van der Waals surface area contributed by atoms with Gasteiger partial charge >= 0.3 is 5.97 Å². The second-order valence-corrected chi connectivity index (χ2v) is 5.09. The highest BCUT2D eigenvalue weighted by molar-refractivity contribution is 5.72. The molecule has 1 aromatic carbocycles. The molecule has 0 aliphatic carbocycles. The van der Waals surface area contributed by atoms with Crippen molar-refractivity contribution in [3.63, 3.8) is 0 Å². The van der Waals surface area contributed by atoms with Gasteiger partial charge in [0.05, 0.1) is 7.11 Å². The van der Waals surface area contributed by atoms with Gasteiger partial charge in [-0.1, -0.05) is 0 Å². The number of ether oxygens (including phenoxy) is 1. The highest BCUT2D eigenvalue weighted by atomic mass is 16.5. The van der Waals surface area contributed by atoms with Gasteiger partial charge in [0.1, 0.15) is 11.8 Å². The van der Waals surface area contributed by atoms with Crippen molar-refractivity contribution in [2.75, 3.05) is 38.2 Å². The third-order valence-corrected chi connectivity index (χ3v) is 3.87. The average molecular weight is 278 g/mol. The van der Waals surface area contributed by atoms with Crippen LogP contribution in [0.3, 0.4) is 0 Å². The van der Waals surface area contributed by atoms with E-state index in [0.717, 1.165) is 44.0 Å². The molecule has 2 rings (SSSR count). The highest BCUT2D eigenvalue weighted by Gasteiger charge is 2.23. The van der Waals surface area contributed by atoms with Crippen LogP contribution in [-0.4, -0.2) is 55.3 Å². The van der Waals surface area contributed by atoms with E-state index in [-0.39, 0.29) is 0 Å². The molecule has 5 nitrogen and oxygen atoms in total. The highest BCUT2D eigenvalue weighted by Crippen LogP contribution is 2.21. The summed E-state index contributed by atoms with van der Waals surface area (Å²) in [6.07, 6.45) is 0.976. The molecule has 110 valence electrons. The third-order valence-electron chi connectivity index (χ3n) is 3.87. The van der Waals surface area contributed by atoms with Crippen LogP contribution in [0.1, 0.15) is 13.3 Å². The molecule has 0 aromatic heterocycles. The Morgan fingerprint density at radius 1 is 1.20 bits per heavy atom. The summed E-state index contributed by atoms with van der Waals surface area (Å²) in [5.74, 6) is 0.104. The Labute approximate surface area is 119 Å². The molecular formula is C15H22N2O3. The molecule has 0 radical (unpaired) electrons. The standard InChI is InChI=1S/C15H22N2O3/c1-12(15(18)19)16-8-3-9-17(11-10-16)13-4-6-14(20-2)7-5-13/h4-7,12H,3,8-11H2,1-2H3,(H,18,19)/t12-/m1/s1. The molecule has 1 fully saturated rings. The number of aliphatic carboxylic acids is 1. The Balaban J connectivity index is 1.99. The molecule has 1 aliphatic heterocycles. The molecule has 1 aromatic rings. The zero-order valence-electron chi connectivity index (χ0n) is 12.1. The van der Waals surface area contributed by atoms with E-state index in [1.807, 2.05) is 17.0 Å². The number of carboxylic acids is 1. The first-order valence-electron chi connectivity index (χ1n) is 6.97. The lowest BCUT2D eigenvalue weighted by Gasteiger charge is -2.25.